The first-order valence-electron chi connectivity index (χ1n) is 10.2. The lowest BCUT2D eigenvalue weighted by atomic mass is 10.0. The topological polar surface area (TPSA) is 64.7 Å². The number of sulfonamides is 1. The quantitative estimate of drug-likeness (QED) is 0.658. The van der Waals surface area contributed by atoms with Crippen LogP contribution in [0.5, 0.6) is 0 Å². The van der Waals surface area contributed by atoms with E-state index < -0.39 is 10.0 Å². The van der Waals surface area contributed by atoms with E-state index >= 15 is 0 Å². The SMILES string of the molecule is CB(Cl)Cl.Cc1c(CN2CCNCC2)cccc1N1CCC(NS(C)(=O)=O)CC1. The average Bonchev–Trinajstić information content (AvgIpc) is 2.63. The van der Waals surface area contributed by atoms with E-state index in [0.29, 0.717) is 0 Å². The summed E-state index contributed by atoms with van der Waals surface area (Å²) >= 11 is 10.1. The van der Waals surface area contributed by atoms with Crippen molar-refractivity contribution in [3.8, 4) is 0 Å². The summed E-state index contributed by atoms with van der Waals surface area (Å²) in [5.74, 6) is 0. The number of rotatable bonds is 5. The minimum Gasteiger partial charge on any atom is -0.371 e. The van der Waals surface area contributed by atoms with Crippen molar-refractivity contribution in [1.29, 1.82) is 0 Å². The van der Waals surface area contributed by atoms with E-state index in [1.54, 1.807) is 6.82 Å². The van der Waals surface area contributed by atoms with Crippen LogP contribution >= 0.6 is 22.9 Å². The van der Waals surface area contributed by atoms with Gasteiger partial charge in [0.25, 0.3) is 0 Å². The lowest BCUT2D eigenvalue weighted by Gasteiger charge is -2.35. The molecule has 0 radical (unpaired) electrons. The lowest BCUT2D eigenvalue weighted by molar-refractivity contribution is 0.233. The highest BCUT2D eigenvalue weighted by molar-refractivity contribution is 7.88. The summed E-state index contributed by atoms with van der Waals surface area (Å²) in [5.41, 5.74) is 3.83. The second-order valence-corrected chi connectivity index (χ2v) is 11.1. The normalized spacial score (nSPS) is 18.9. The van der Waals surface area contributed by atoms with Crippen LogP contribution in [0.1, 0.15) is 24.0 Å². The number of hydrogen-bond acceptors (Lipinski definition) is 5. The predicted molar refractivity (Wildman–Crippen MR) is 126 cm³/mol. The molecular weight excluding hydrogens is 430 g/mol. The number of halogens is 2. The molecule has 0 aliphatic carbocycles. The van der Waals surface area contributed by atoms with Gasteiger partial charge in [-0.15, -0.1) is 0 Å². The Labute approximate surface area is 186 Å². The van der Waals surface area contributed by atoms with E-state index in [9.17, 15) is 8.42 Å². The Bertz CT molecular complexity index is 735. The average molecular weight is 463 g/mol. The third-order valence-electron chi connectivity index (χ3n) is 5.24. The molecule has 2 aliphatic heterocycles. The van der Waals surface area contributed by atoms with Crippen LogP contribution in [0.15, 0.2) is 18.2 Å². The molecule has 0 bridgehead atoms. The molecule has 10 heteroatoms. The van der Waals surface area contributed by atoms with Gasteiger partial charge in [-0.3, -0.25) is 4.90 Å². The molecule has 0 aromatic heterocycles. The van der Waals surface area contributed by atoms with E-state index in [-0.39, 0.29) is 11.6 Å². The van der Waals surface area contributed by atoms with Gasteiger partial charge in [-0.25, -0.2) is 13.1 Å². The molecule has 2 aliphatic rings. The molecule has 0 spiro atoms. The fourth-order valence-corrected chi connectivity index (χ4v) is 4.68. The monoisotopic (exact) mass is 462 g/mol. The van der Waals surface area contributed by atoms with Gasteiger partial charge in [-0.05, 0) is 37.0 Å². The minimum absolute atomic E-state index is 0.0654. The molecule has 0 amide bonds. The van der Waals surface area contributed by atoms with Crippen LogP contribution in [0.3, 0.4) is 0 Å². The Kier molecular flexibility index (Phi) is 10.0. The molecule has 2 fully saturated rings. The first kappa shape index (κ1) is 24.8. The molecule has 2 saturated heterocycles. The van der Waals surface area contributed by atoms with Crippen LogP contribution < -0.4 is 14.9 Å². The Morgan fingerprint density at radius 3 is 2.31 bits per heavy atom. The molecular formula is C19H33BCl2N4O2S. The van der Waals surface area contributed by atoms with E-state index in [2.05, 4.69) is 45.0 Å². The maximum absolute atomic E-state index is 11.4. The summed E-state index contributed by atoms with van der Waals surface area (Å²) in [6.07, 6.45) is 2.95. The lowest BCUT2D eigenvalue weighted by Crippen LogP contribution is -2.44. The van der Waals surface area contributed by atoms with Gasteiger partial charge in [0, 0.05) is 57.5 Å². The van der Waals surface area contributed by atoms with Gasteiger partial charge in [0.05, 0.1) is 6.26 Å². The third-order valence-corrected chi connectivity index (χ3v) is 6.00. The van der Waals surface area contributed by atoms with Crippen molar-refractivity contribution in [3.63, 3.8) is 0 Å². The van der Waals surface area contributed by atoms with Crippen LogP contribution in [-0.4, -0.2) is 70.4 Å². The number of piperazine rings is 1. The molecule has 0 unspecified atom stereocenters. The fourth-order valence-electron chi connectivity index (χ4n) is 3.83. The Morgan fingerprint density at radius 1 is 1.17 bits per heavy atom. The zero-order valence-electron chi connectivity index (χ0n) is 17.6. The summed E-state index contributed by atoms with van der Waals surface area (Å²) in [7, 11) is -3.12. The summed E-state index contributed by atoms with van der Waals surface area (Å²) in [6, 6.07) is 6.65. The smallest absolute Gasteiger partial charge is 0.348 e. The highest BCUT2D eigenvalue weighted by Gasteiger charge is 2.23. The fraction of sp³-hybridized carbons (Fsp3) is 0.684. The highest BCUT2D eigenvalue weighted by Crippen LogP contribution is 2.27. The van der Waals surface area contributed by atoms with Crippen molar-refractivity contribution >= 4 is 44.2 Å². The summed E-state index contributed by atoms with van der Waals surface area (Å²) in [4.78, 5) is 4.90. The zero-order valence-corrected chi connectivity index (χ0v) is 20.0. The molecule has 2 heterocycles. The van der Waals surface area contributed by atoms with Gasteiger partial charge in [-0.1, -0.05) is 19.0 Å². The van der Waals surface area contributed by atoms with Gasteiger partial charge < -0.3 is 10.2 Å². The number of piperidine rings is 1. The van der Waals surface area contributed by atoms with Gasteiger partial charge in [0.1, 0.15) is 0 Å². The second-order valence-electron chi connectivity index (χ2n) is 7.76. The van der Waals surface area contributed by atoms with Gasteiger partial charge in [0.2, 0.25) is 10.0 Å². The summed E-state index contributed by atoms with van der Waals surface area (Å²) in [5, 5.41) is 3.40. The summed E-state index contributed by atoms with van der Waals surface area (Å²) in [6.45, 7) is 11.1. The van der Waals surface area contributed by atoms with Gasteiger partial charge in [0.15, 0.2) is 0 Å². The summed E-state index contributed by atoms with van der Waals surface area (Å²) < 4.78 is 25.6. The zero-order chi connectivity index (χ0) is 21.4. The van der Waals surface area contributed by atoms with Crippen molar-refractivity contribution < 1.29 is 8.42 Å². The first-order valence-corrected chi connectivity index (χ1v) is 12.9. The number of hydrogen-bond donors (Lipinski definition) is 2. The minimum atomic E-state index is -3.12. The highest BCUT2D eigenvalue weighted by atomic mass is 35.5. The van der Waals surface area contributed by atoms with E-state index in [1.165, 1.54) is 23.1 Å². The van der Waals surface area contributed by atoms with Crippen LogP contribution in [0.2, 0.25) is 6.82 Å². The molecule has 6 nitrogen and oxygen atoms in total. The molecule has 164 valence electrons. The van der Waals surface area contributed by atoms with Crippen LogP contribution in [0, 0.1) is 6.92 Å². The Balaban J connectivity index is 0.000000687. The maximum Gasteiger partial charge on any atom is 0.348 e. The first-order chi connectivity index (χ1) is 13.7. The maximum atomic E-state index is 11.4. The van der Waals surface area contributed by atoms with E-state index in [1.807, 2.05) is 0 Å². The van der Waals surface area contributed by atoms with Gasteiger partial charge in [-0.2, -0.15) is 22.9 Å². The number of benzene rings is 1. The van der Waals surface area contributed by atoms with Crippen molar-refractivity contribution in [3.05, 3.63) is 29.3 Å². The molecule has 1 aromatic rings. The number of anilines is 1. The van der Waals surface area contributed by atoms with Crippen molar-refractivity contribution in [2.75, 3.05) is 50.4 Å². The standard InChI is InChI=1S/C18H30N4O2S.CH3BCl2/c1-15-16(14-21-12-8-19-9-13-21)4-3-5-18(15)22-10-6-17(7-11-22)20-25(2,23)24;1-2(3)4/h3-5,17,19-20H,6-14H2,1-2H3;1H3. The Morgan fingerprint density at radius 2 is 1.76 bits per heavy atom. The van der Waals surface area contributed by atoms with Crippen LogP contribution in [-0.2, 0) is 16.6 Å². The predicted octanol–water partition coefficient (Wildman–Crippen LogP) is 2.50. The third kappa shape index (κ3) is 9.03. The van der Waals surface area contributed by atoms with E-state index in [4.69, 9.17) is 22.9 Å². The van der Waals surface area contributed by atoms with Crippen molar-refractivity contribution in [2.45, 2.75) is 39.2 Å². The van der Waals surface area contributed by atoms with E-state index in [0.717, 1.165) is 58.7 Å². The molecule has 29 heavy (non-hydrogen) atoms. The van der Waals surface area contributed by atoms with Gasteiger partial charge >= 0.3 is 5.54 Å². The largest absolute Gasteiger partial charge is 0.371 e. The molecule has 0 saturated carbocycles. The molecule has 1 aromatic carbocycles. The van der Waals surface area contributed by atoms with Crippen LogP contribution in [0.25, 0.3) is 0 Å². The van der Waals surface area contributed by atoms with Crippen molar-refractivity contribution in [1.82, 2.24) is 14.9 Å². The Hall–Kier alpha value is -0.505. The van der Waals surface area contributed by atoms with Crippen molar-refractivity contribution in [2.24, 2.45) is 0 Å². The second kappa shape index (κ2) is 11.8. The number of nitrogens with zero attached hydrogens (tertiary/aromatic N) is 2. The molecule has 2 N–H and O–H groups in total. The van der Waals surface area contributed by atoms with Crippen LogP contribution in [0.4, 0.5) is 5.69 Å². The molecule has 0 atom stereocenters. The molecule has 3 rings (SSSR count). The number of nitrogens with one attached hydrogen (secondary N) is 2.